The number of hydrogen-bond acceptors (Lipinski definition) is 1. The summed E-state index contributed by atoms with van der Waals surface area (Å²) in [6.45, 7) is 1.97. The second-order valence-electron chi connectivity index (χ2n) is 3.36. The van der Waals surface area contributed by atoms with Gasteiger partial charge in [-0.25, -0.2) is 4.39 Å². The fraction of sp³-hybridized carbons (Fsp3) is 0.154. The highest BCUT2D eigenvalue weighted by Gasteiger charge is 1.93. The third-order valence-corrected chi connectivity index (χ3v) is 2.09. The average molecular weight is 219 g/mol. The van der Waals surface area contributed by atoms with Crippen molar-refractivity contribution in [3.63, 3.8) is 0 Å². The van der Waals surface area contributed by atoms with Crippen LogP contribution in [0.2, 0.25) is 0 Å². The summed E-state index contributed by atoms with van der Waals surface area (Å²) in [7, 11) is 0. The number of halogens is 1. The number of carbonyl (C=O) groups excluding carboxylic acids is 1. The first-order chi connectivity index (χ1) is 7.61. The van der Waals surface area contributed by atoms with Crippen molar-refractivity contribution in [3.05, 3.63) is 53.4 Å². The van der Waals surface area contributed by atoms with Gasteiger partial charge in [0.15, 0.2) is 0 Å². The van der Waals surface area contributed by atoms with Crippen LogP contribution in [0.4, 0.5) is 4.39 Å². The summed E-state index contributed by atoms with van der Waals surface area (Å²) in [6, 6.07) is 6.17. The molecule has 1 aromatic rings. The van der Waals surface area contributed by atoms with E-state index in [1.165, 1.54) is 18.2 Å². The van der Waals surface area contributed by atoms with Crippen molar-refractivity contribution in [3.8, 4) is 0 Å². The molecule has 1 rings (SSSR count). The van der Waals surface area contributed by atoms with Gasteiger partial charge in [-0.15, -0.1) is 0 Å². The van der Waals surface area contributed by atoms with Crippen LogP contribution in [0.3, 0.4) is 0 Å². The molecule has 0 heterocycles. The van der Waals surface area contributed by atoms with Crippen LogP contribution in [0.5, 0.6) is 0 Å². The molecule has 0 bridgehead atoms. The van der Waals surface area contributed by atoms with Gasteiger partial charge in [-0.05, 0) is 29.7 Å². The molecule has 2 nitrogen and oxygen atoms in total. The van der Waals surface area contributed by atoms with E-state index < -0.39 is 5.91 Å². The Hall–Kier alpha value is -1.90. The smallest absolute Gasteiger partial charge is 0.241 e. The number of rotatable bonds is 4. The summed E-state index contributed by atoms with van der Waals surface area (Å²) in [5.74, 6) is -0.735. The van der Waals surface area contributed by atoms with Crippen LogP contribution >= 0.6 is 0 Å². The van der Waals surface area contributed by atoms with E-state index in [4.69, 9.17) is 5.73 Å². The largest absolute Gasteiger partial charge is 0.366 e. The number of hydrogen-bond donors (Lipinski definition) is 1. The minimum atomic E-state index is -0.474. The normalized spacial score (nSPS) is 12.0. The van der Waals surface area contributed by atoms with Gasteiger partial charge in [0.25, 0.3) is 0 Å². The van der Waals surface area contributed by atoms with E-state index >= 15 is 0 Å². The Labute approximate surface area is 94.3 Å². The molecule has 84 valence electrons. The molecule has 0 aliphatic heterocycles. The Morgan fingerprint density at radius 3 is 2.44 bits per heavy atom. The maximum Gasteiger partial charge on any atom is 0.241 e. The molecule has 0 fully saturated rings. The Morgan fingerprint density at radius 2 is 1.94 bits per heavy atom. The highest BCUT2D eigenvalue weighted by atomic mass is 19.1. The van der Waals surface area contributed by atoms with Crippen LogP contribution in [-0.2, 0) is 4.79 Å². The second-order valence-corrected chi connectivity index (χ2v) is 3.36. The summed E-state index contributed by atoms with van der Waals surface area (Å²) < 4.78 is 12.7. The molecule has 1 aromatic carbocycles. The Morgan fingerprint density at radius 1 is 1.31 bits per heavy atom. The van der Waals surface area contributed by atoms with Crippen LogP contribution in [0, 0.1) is 5.82 Å². The van der Waals surface area contributed by atoms with Gasteiger partial charge >= 0.3 is 0 Å². The standard InChI is InChI=1S/C13H14FNO/c1-2-10(5-8-13(15)16)9-11-3-6-12(14)7-4-11/h3-9H,2H2,1H3,(H2,15,16). The van der Waals surface area contributed by atoms with Gasteiger partial charge in [-0.2, -0.15) is 0 Å². The van der Waals surface area contributed by atoms with Crippen molar-refractivity contribution in [2.45, 2.75) is 13.3 Å². The average Bonchev–Trinajstić information content (AvgIpc) is 2.26. The van der Waals surface area contributed by atoms with Crippen LogP contribution in [0.25, 0.3) is 6.08 Å². The van der Waals surface area contributed by atoms with E-state index in [-0.39, 0.29) is 5.82 Å². The van der Waals surface area contributed by atoms with Gasteiger partial charge in [-0.3, -0.25) is 4.79 Å². The number of benzene rings is 1. The lowest BCUT2D eigenvalue weighted by Crippen LogP contribution is -2.05. The number of primary amides is 1. The quantitative estimate of drug-likeness (QED) is 0.614. The molecule has 0 aromatic heterocycles. The Kier molecular flexibility index (Phi) is 4.45. The molecule has 0 unspecified atom stereocenters. The summed E-state index contributed by atoms with van der Waals surface area (Å²) >= 11 is 0. The second kappa shape index (κ2) is 5.85. The zero-order valence-electron chi connectivity index (χ0n) is 9.11. The van der Waals surface area contributed by atoms with Crippen molar-refractivity contribution >= 4 is 12.0 Å². The number of carbonyl (C=O) groups is 1. The highest BCUT2D eigenvalue weighted by Crippen LogP contribution is 2.11. The van der Waals surface area contributed by atoms with Crippen molar-refractivity contribution < 1.29 is 9.18 Å². The predicted octanol–water partition coefficient (Wildman–Crippen LogP) is 2.66. The van der Waals surface area contributed by atoms with Gasteiger partial charge in [0, 0.05) is 6.08 Å². The third-order valence-electron chi connectivity index (χ3n) is 2.09. The van der Waals surface area contributed by atoms with E-state index in [2.05, 4.69) is 0 Å². The molecular weight excluding hydrogens is 205 g/mol. The van der Waals surface area contributed by atoms with E-state index in [1.54, 1.807) is 18.2 Å². The van der Waals surface area contributed by atoms with Gasteiger partial charge in [0.1, 0.15) is 5.82 Å². The molecule has 3 heteroatoms. The maximum absolute atomic E-state index is 12.7. The summed E-state index contributed by atoms with van der Waals surface area (Å²) in [5.41, 5.74) is 6.87. The lowest BCUT2D eigenvalue weighted by Gasteiger charge is -1.98. The zero-order valence-corrected chi connectivity index (χ0v) is 9.11. The fourth-order valence-electron chi connectivity index (χ4n) is 1.23. The van der Waals surface area contributed by atoms with E-state index in [0.29, 0.717) is 0 Å². The van der Waals surface area contributed by atoms with Crippen molar-refractivity contribution in [1.29, 1.82) is 0 Å². The Bertz CT molecular complexity index is 418. The molecule has 0 spiro atoms. The molecule has 0 radical (unpaired) electrons. The SMILES string of the molecule is CCC(C=CC(N)=O)=Cc1ccc(F)cc1. The summed E-state index contributed by atoms with van der Waals surface area (Å²) in [6.07, 6.45) is 5.66. The zero-order chi connectivity index (χ0) is 12.0. The fourth-order valence-corrected chi connectivity index (χ4v) is 1.23. The minimum absolute atomic E-state index is 0.261. The molecule has 0 saturated carbocycles. The van der Waals surface area contributed by atoms with Crippen LogP contribution in [0.15, 0.2) is 42.0 Å². The Balaban J connectivity index is 2.87. The summed E-state index contributed by atoms with van der Waals surface area (Å²) in [4.78, 5) is 10.6. The number of amides is 1. The molecule has 16 heavy (non-hydrogen) atoms. The molecular formula is C13H14FNO. The molecule has 0 saturated heterocycles. The van der Waals surface area contributed by atoms with Crippen LogP contribution < -0.4 is 5.73 Å². The van der Waals surface area contributed by atoms with E-state index in [9.17, 15) is 9.18 Å². The first kappa shape index (κ1) is 12.2. The lowest BCUT2D eigenvalue weighted by atomic mass is 10.1. The van der Waals surface area contributed by atoms with Crippen LogP contribution in [0.1, 0.15) is 18.9 Å². The van der Waals surface area contributed by atoms with Gasteiger partial charge in [0.05, 0.1) is 0 Å². The predicted molar refractivity (Wildman–Crippen MR) is 63.0 cm³/mol. The molecule has 0 aliphatic rings. The van der Waals surface area contributed by atoms with Crippen LogP contribution in [-0.4, -0.2) is 5.91 Å². The molecule has 2 N–H and O–H groups in total. The van der Waals surface area contributed by atoms with E-state index in [0.717, 1.165) is 17.6 Å². The maximum atomic E-state index is 12.7. The monoisotopic (exact) mass is 219 g/mol. The highest BCUT2D eigenvalue weighted by molar-refractivity contribution is 5.86. The first-order valence-corrected chi connectivity index (χ1v) is 5.05. The van der Waals surface area contributed by atoms with Gasteiger partial charge in [0.2, 0.25) is 5.91 Å². The minimum Gasteiger partial charge on any atom is -0.366 e. The number of nitrogens with two attached hydrogens (primary N) is 1. The lowest BCUT2D eigenvalue weighted by molar-refractivity contribution is -0.113. The van der Waals surface area contributed by atoms with Crippen molar-refractivity contribution in [1.82, 2.24) is 0 Å². The molecule has 0 atom stereocenters. The van der Waals surface area contributed by atoms with Crippen molar-refractivity contribution in [2.24, 2.45) is 5.73 Å². The molecule has 0 aliphatic carbocycles. The van der Waals surface area contributed by atoms with Crippen molar-refractivity contribution in [2.75, 3.05) is 0 Å². The summed E-state index contributed by atoms with van der Waals surface area (Å²) in [5, 5.41) is 0. The van der Waals surface area contributed by atoms with Gasteiger partial charge in [-0.1, -0.05) is 31.2 Å². The van der Waals surface area contributed by atoms with E-state index in [1.807, 2.05) is 13.0 Å². The van der Waals surface area contributed by atoms with Gasteiger partial charge < -0.3 is 5.73 Å². The number of allylic oxidation sites excluding steroid dienone is 2. The molecule has 1 amide bonds. The third kappa shape index (κ3) is 4.09. The topological polar surface area (TPSA) is 43.1 Å². The first-order valence-electron chi connectivity index (χ1n) is 5.05.